The van der Waals surface area contributed by atoms with Crippen molar-refractivity contribution in [1.29, 1.82) is 0 Å². The van der Waals surface area contributed by atoms with Crippen LogP contribution in [0.25, 0.3) is 0 Å². The van der Waals surface area contributed by atoms with E-state index in [0.717, 1.165) is 32.5 Å². The number of benzene rings is 3. The van der Waals surface area contributed by atoms with Crippen molar-refractivity contribution in [3.8, 4) is 0 Å². The van der Waals surface area contributed by atoms with E-state index in [1.807, 2.05) is 74.5 Å². The number of aromatic nitrogens is 1. The molecule has 1 fully saturated rings. The second kappa shape index (κ2) is 10.5. The van der Waals surface area contributed by atoms with E-state index in [2.05, 4.69) is 21.2 Å². The minimum Gasteiger partial charge on any atom is -0.324 e. The number of aryl methyl sites for hydroxylation is 2. The summed E-state index contributed by atoms with van der Waals surface area (Å²) in [5.41, 5.74) is 3.98. The van der Waals surface area contributed by atoms with Crippen molar-refractivity contribution in [3.05, 3.63) is 109 Å². The lowest BCUT2D eigenvalue weighted by atomic mass is 9.83. The maximum Gasteiger partial charge on any atom is 0.308 e. The van der Waals surface area contributed by atoms with Gasteiger partial charge in [0.25, 0.3) is 0 Å². The van der Waals surface area contributed by atoms with Crippen LogP contribution in [0.1, 0.15) is 27.5 Å². The van der Waals surface area contributed by atoms with Crippen LogP contribution < -0.4 is 15.1 Å². The Balaban J connectivity index is 1.41. The Labute approximate surface area is 247 Å². The molecule has 40 heavy (non-hydrogen) atoms. The number of fused-ring (bicyclic) bond motifs is 2. The van der Waals surface area contributed by atoms with Crippen molar-refractivity contribution in [2.24, 2.45) is 5.92 Å². The van der Waals surface area contributed by atoms with E-state index >= 15 is 0 Å². The van der Waals surface area contributed by atoms with Gasteiger partial charge in [-0.25, -0.2) is 4.90 Å². The predicted molar refractivity (Wildman–Crippen MR) is 161 cm³/mol. The first-order valence-electron chi connectivity index (χ1n) is 12.7. The topological polar surface area (TPSA) is 88.5 Å². The van der Waals surface area contributed by atoms with Gasteiger partial charge in [0.2, 0.25) is 17.7 Å². The summed E-state index contributed by atoms with van der Waals surface area (Å²) >= 11 is 5.72. The third kappa shape index (κ3) is 4.63. The van der Waals surface area contributed by atoms with Gasteiger partial charge in [-0.1, -0.05) is 87.1 Å². The number of imide groups is 1. The third-order valence-corrected chi connectivity index (χ3v) is 10.4. The van der Waals surface area contributed by atoms with Crippen LogP contribution in [0.3, 0.4) is 0 Å². The molecule has 202 valence electrons. The minimum atomic E-state index is -0.727. The summed E-state index contributed by atoms with van der Waals surface area (Å²) in [6.07, 6.45) is 0. The first kappa shape index (κ1) is 26.7. The molecule has 0 radical (unpaired) electrons. The minimum absolute atomic E-state index is 0.194. The second-order valence-electron chi connectivity index (χ2n) is 9.93. The number of nitrogens with zero attached hydrogens (tertiary/aromatic N) is 2. The van der Waals surface area contributed by atoms with Gasteiger partial charge in [-0.15, -0.1) is 0 Å². The van der Waals surface area contributed by atoms with Gasteiger partial charge in [0.05, 0.1) is 16.6 Å². The molecule has 2 unspecified atom stereocenters. The lowest BCUT2D eigenvalue weighted by Crippen LogP contribution is -2.33. The van der Waals surface area contributed by atoms with Crippen LogP contribution in [0.15, 0.2) is 87.1 Å². The van der Waals surface area contributed by atoms with E-state index in [9.17, 15) is 19.2 Å². The molecule has 1 aromatic heterocycles. The highest BCUT2D eigenvalue weighted by Crippen LogP contribution is 2.54. The lowest BCUT2D eigenvalue weighted by molar-refractivity contribution is -0.122. The Bertz CT molecular complexity index is 1710. The molecule has 3 atom stereocenters. The van der Waals surface area contributed by atoms with Gasteiger partial charge in [-0.2, -0.15) is 0 Å². The number of carbonyl (C=O) groups is 3. The molecule has 6 rings (SSSR count). The number of thioether (sulfide) groups is 1. The number of hydrogen-bond acceptors (Lipinski definition) is 6. The molecule has 0 bridgehead atoms. The first-order chi connectivity index (χ1) is 19.2. The zero-order chi connectivity index (χ0) is 28.1. The summed E-state index contributed by atoms with van der Waals surface area (Å²) in [6, 6.07) is 22.3. The summed E-state index contributed by atoms with van der Waals surface area (Å²) in [4.78, 5) is 55.8. The normalized spacial score (nSPS) is 19.9. The van der Waals surface area contributed by atoms with E-state index in [0.29, 0.717) is 21.3 Å². The summed E-state index contributed by atoms with van der Waals surface area (Å²) < 4.78 is 2.32. The Hall–Kier alpha value is -3.47. The van der Waals surface area contributed by atoms with Crippen LogP contribution in [0.2, 0.25) is 0 Å². The maximum atomic E-state index is 13.9. The molecule has 1 N–H and O–H groups in total. The summed E-state index contributed by atoms with van der Waals surface area (Å²) in [6.45, 7) is 3.65. The Kier molecular flexibility index (Phi) is 7.02. The Morgan fingerprint density at radius 1 is 0.925 bits per heavy atom. The molecule has 3 heterocycles. The highest BCUT2D eigenvalue weighted by molar-refractivity contribution is 9.10. The highest BCUT2D eigenvalue weighted by atomic mass is 79.9. The molecule has 10 heteroatoms. The number of halogens is 1. The van der Waals surface area contributed by atoms with E-state index in [1.54, 1.807) is 12.1 Å². The molecule has 0 aliphatic carbocycles. The van der Waals surface area contributed by atoms with Crippen molar-refractivity contribution in [2.75, 3.05) is 10.2 Å². The van der Waals surface area contributed by atoms with E-state index in [4.69, 9.17) is 0 Å². The number of thiazole rings is 1. The van der Waals surface area contributed by atoms with Gasteiger partial charge in [0.1, 0.15) is 11.8 Å². The lowest BCUT2D eigenvalue weighted by Gasteiger charge is -2.30. The summed E-state index contributed by atoms with van der Waals surface area (Å²) in [7, 11) is 0. The van der Waals surface area contributed by atoms with Gasteiger partial charge >= 0.3 is 4.87 Å². The SMILES string of the molecule is Cc1ccc(N2C(=O)C3Sc4c(sc(=O)n4CC(=O)Nc4ccccc4C)[C@H](c4ccc(Br)cc4)C3C2=O)cc1. The molecule has 3 amide bonds. The molecular formula is C30H24BrN3O4S2. The average molecular weight is 635 g/mol. The highest BCUT2D eigenvalue weighted by Gasteiger charge is 2.56. The van der Waals surface area contributed by atoms with Gasteiger partial charge in [0, 0.05) is 21.0 Å². The third-order valence-electron chi connectivity index (χ3n) is 7.29. The molecule has 2 aliphatic heterocycles. The van der Waals surface area contributed by atoms with Crippen LogP contribution >= 0.6 is 39.0 Å². The largest absolute Gasteiger partial charge is 0.324 e. The molecule has 0 spiro atoms. The van der Waals surface area contributed by atoms with Crippen molar-refractivity contribution < 1.29 is 14.4 Å². The number of amides is 3. The summed E-state index contributed by atoms with van der Waals surface area (Å²) in [5.74, 6) is -2.12. The zero-order valence-corrected chi connectivity index (χ0v) is 24.8. The Morgan fingerprint density at radius 2 is 1.62 bits per heavy atom. The average Bonchev–Trinajstić information content (AvgIpc) is 3.37. The molecule has 2 aliphatic rings. The number of carbonyl (C=O) groups excluding carboxylic acids is 3. The molecule has 0 saturated carbocycles. The smallest absolute Gasteiger partial charge is 0.308 e. The van der Waals surface area contributed by atoms with Crippen LogP contribution in [-0.2, 0) is 20.9 Å². The first-order valence-corrected chi connectivity index (χ1v) is 15.2. The fourth-order valence-corrected chi connectivity index (χ4v) is 8.32. The van der Waals surface area contributed by atoms with Crippen molar-refractivity contribution in [2.45, 2.75) is 36.6 Å². The second-order valence-corrected chi connectivity index (χ2v) is 13.0. The van der Waals surface area contributed by atoms with Crippen molar-refractivity contribution in [1.82, 2.24) is 4.57 Å². The zero-order valence-electron chi connectivity index (χ0n) is 21.6. The number of anilines is 2. The van der Waals surface area contributed by atoms with Gasteiger partial charge in [-0.05, 0) is 55.3 Å². The van der Waals surface area contributed by atoms with Gasteiger partial charge < -0.3 is 5.32 Å². The fraction of sp³-hybridized carbons (Fsp3) is 0.200. The Morgan fingerprint density at radius 3 is 2.33 bits per heavy atom. The molecule has 7 nitrogen and oxygen atoms in total. The monoisotopic (exact) mass is 633 g/mol. The predicted octanol–water partition coefficient (Wildman–Crippen LogP) is 5.72. The maximum absolute atomic E-state index is 13.9. The van der Waals surface area contributed by atoms with Gasteiger partial charge in [-0.3, -0.25) is 23.7 Å². The standard InChI is InChI=1S/C30H24BrN3O4S2/c1-16-7-13-20(14-8-16)34-27(36)24-23(18-9-11-19(31)12-10-18)26-29(39-25(24)28(34)37)33(30(38)40-26)15-22(35)32-21-6-4-3-5-17(21)2/h3-14,23-25H,15H2,1-2H3,(H,32,35)/t23-,24?,25?/m1/s1. The van der Waals surface area contributed by atoms with Crippen LogP contribution in [0.5, 0.6) is 0 Å². The molecule has 1 saturated heterocycles. The summed E-state index contributed by atoms with van der Waals surface area (Å²) in [5, 5.41) is 2.73. The van der Waals surface area contributed by atoms with E-state index in [-0.39, 0.29) is 29.1 Å². The number of nitrogens with one attached hydrogen (secondary N) is 1. The van der Waals surface area contributed by atoms with E-state index in [1.165, 1.54) is 21.2 Å². The number of para-hydroxylation sites is 1. The van der Waals surface area contributed by atoms with Crippen LogP contribution in [0, 0.1) is 19.8 Å². The molecular weight excluding hydrogens is 610 g/mol. The quantitative estimate of drug-likeness (QED) is 0.284. The number of rotatable bonds is 5. The molecule has 3 aromatic carbocycles. The number of hydrogen-bond donors (Lipinski definition) is 1. The van der Waals surface area contributed by atoms with Crippen LogP contribution in [-0.4, -0.2) is 27.5 Å². The van der Waals surface area contributed by atoms with Crippen LogP contribution in [0.4, 0.5) is 11.4 Å². The fourth-order valence-electron chi connectivity index (χ4n) is 5.28. The van der Waals surface area contributed by atoms with Crippen molar-refractivity contribution in [3.63, 3.8) is 0 Å². The van der Waals surface area contributed by atoms with Crippen molar-refractivity contribution >= 4 is 68.1 Å². The van der Waals surface area contributed by atoms with E-state index < -0.39 is 17.1 Å². The van der Waals surface area contributed by atoms with Gasteiger partial charge in [0.15, 0.2) is 0 Å². The molecule has 4 aromatic rings.